The molecular formula is C21H21F3N2O7S. The van der Waals surface area contributed by atoms with Gasteiger partial charge in [-0.1, -0.05) is 20.8 Å². The molecule has 0 aliphatic carbocycles. The molecule has 2 rings (SSSR count). The smallest absolute Gasteiger partial charge is 0.493 e. The third-order valence-corrected chi connectivity index (χ3v) is 5.29. The van der Waals surface area contributed by atoms with Crippen LogP contribution in [0.2, 0.25) is 0 Å². The number of carbonyl (C=O) groups is 1. The molecular weight excluding hydrogens is 481 g/mol. The van der Waals surface area contributed by atoms with E-state index in [9.17, 15) is 31.6 Å². The summed E-state index contributed by atoms with van der Waals surface area (Å²) in [5.41, 5.74) is -6.92. The monoisotopic (exact) mass is 502 g/mol. The van der Waals surface area contributed by atoms with Crippen molar-refractivity contribution in [1.82, 2.24) is 4.98 Å². The molecule has 0 amide bonds. The minimum Gasteiger partial charge on any atom is -0.493 e. The molecule has 0 bridgehead atoms. The summed E-state index contributed by atoms with van der Waals surface area (Å²) in [4.78, 5) is 15.4. The molecule has 0 radical (unpaired) electrons. The molecule has 0 aliphatic rings. The number of alkyl halides is 3. The zero-order valence-electron chi connectivity index (χ0n) is 19.0. The van der Waals surface area contributed by atoms with Gasteiger partial charge in [0.05, 0.1) is 19.9 Å². The topological polar surface area (TPSA) is 125 Å². The van der Waals surface area contributed by atoms with Crippen molar-refractivity contribution in [3.05, 3.63) is 29.5 Å². The Kier molecular flexibility index (Phi) is 7.37. The first-order chi connectivity index (χ1) is 15.6. The van der Waals surface area contributed by atoms with Crippen molar-refractivity contribution >= 4 is 16.1 Å². The third-order valence-electron chi connectivity index (χ3n) is 4.35. The van der Waals surface area contributed by atoms with Crippen molar-refractivity contribution in [2.45, 2.75) is 38.6 Å². The highest BCUT2D eigenvalue weighted by Crippen LogP contribution is 2.44. The van der Waals surface area contributed by atoms with Gasteiger partial charge in [-0.3, -0.25) is 4.79 Å². The number of carbonyl (C=O) groups excluding carboxylic acids is 1. The Labute approximate surface area is 194 Å². The van der Waals surface area contributed by atoms with Crippen molar-refractivity contribution in [2.75, 3.05) is 14.2 Å². The molecule has 0 fully saturated rings. The number of pyridine rings is 1. The Morgan fingerprint density at radius 2 is 1.65 bits per heavy atom. The predicted molar refractivity (Wildman–Crippen MR) is 113 cm³/mol. The molecule has 0 unspecified atom stereocenters. The van der Waals surface area contributed by atoms with Crippen LogP contribution in [0.25, 0.3) is 11.1 Å². The number of nitriles is 1. The minimum atomic E-state index is -6.12. The second-order valence-electron chi connectivity index (χ2n) is 7.88. The fourth-order valence-electron chi connectivity index (χ4n) is 2.77. The molecule has 0 spiro atoms. The van der Waals surface area contributed by atoms with E-state index >= 15 is 0 Å². The first-order valence-electron chi connectivity index (χ1n) is 9.47. The SMILES string of the molecule is COc1cc(-c2cc(C(C)(C)C)nc(OS(=O)(=O)C(F)(F)F)c2C#N)cc(OC(C)=O)c1OC. The number of nitrogens with zero attached hydrogens (tertiary/aromatic N) is 2. The second kappa shape index (κ2) is 9.38. The van der Waals surface area contributed by atoms with E-state index in [1.165, 1.54) is 32.4 Å². The average Bonchev–Trinajstić information content (AvgIpc) is 2.70. The van der Waals surface area contributed by atoms with Crippen molar-refractivity contribution in [2.24, 2.45) is 0 Å². The highest BCUT2D eigenvalue weighted by atomic mass is 32.2. The van der Waals surface area contributed by atoms with Crippen LogP contribution in [0.15, 0.2) is 18.2 Å². The number of hydrogen-bond acceptors (Lipinski definition) is 9. The summed E-state index contributed by atoms with van der Waals surface area (Å²) in [6.07, 6.45) is 0. The van der Waals surface area contributed by atoms with E-state index < -0.39 is 38.5 Å². The van der Waals surface area contributed by atoms with Gasteiger partial charge in [0.25, 0.3) is 5.88 Å². The fraction of sp³-hybridized carbons (Fsp3) is 0.381. The molecule has 1 aromatic heterocycles. The van der Waals surface area contributed by atoms with E-state index in [-0.39, 0.29) is 34.1 Å². The molecule has 2 aromatic rings. The summed E-state index contributed by atoms with van der Waals surface area (Å²) in [6, 6.07) is 5.69. The van der Waals surface area contributed by atoms with E-state index in [1.807, 2.05) is 0 Å². The zero-order valence-corrected chi connectivity index (χ0v) is 19.8. The third kappa shape index (κ3) is 5.51. The highest BCUT2D eigenvalue weighted by molar-refractivity contribution is 7.87. The summed E-state index contributed by atoms with van der Waals surface area (Å²) in [5, 5.41) is 9.71. The van der Waals surface area contributed by atoms with Gasteiger partial charge < -0.3 is 18.4 Å². The van der Waals surface area contributed by atoms with Gasteiger partial charge in [0.1, 0.15) is 11.6 Å². The van der Waals surface area contributed by atoms with Gasteiger partial charge in [0.2, 0.25) is 5.75 Å². The number of benzene rings is 1. The first kappa shape index (κ1) is 26.7. The van der Waals surface area contributed by atoms with Crippen molar-refractivity contribution in [3.8, 4) is 40.3 Å². The lowest BCUT2D eigenvalue weighted by molar-refractivity contribution is -0.132. The van der Waals surface area contributed by atoms with Crippen LogP contribution in [0.1, 0.15) is 39.0 Å². The van der Waals surface area contributed by atoms with Gasteiger partial charge in [-0.25, -0.2) is 4.98 Å². The van der Waals surface area contributed by atoms with Gasteiger partial charge in [0, 0.05) is 17.9 Å². The van der Waals surface area contributed by atoms with Gasteiger partial charge in [-0.05, 0) is 23.8 Å². The van der Waals surface area contributed by atoms with E-state index in [0.717, 1.165) is 6.92 Å². The van der Waals surface area contributed by atoms with Crippen molar-refractivity contribution < 1.29 is 44.8 Å². The first-order valence-corrected chi connectivity index (χ1v) is 10.9. The van der Waals surface area contributed by atoms with Crippen LogP contribution in [-0.4, -0.2) is 39.1 Å². The maximum absolute atomic E-state index is 13.0. The van der Waals surface area contributed by atoms with Crippen molar-refractivity contribution in [1.29, 1.82) is 5.26 Å². The Hall–Kier alpha value is -3.53. The van der Waals surface area contributed by atoms with Crippen LogP contribution >= 0.6 is 0 Å². The molecule has 0 aliphatic heterocycles. The Bertz CT molecular complexity index is 1260. The van der Waals surface area contributed by atoms with Crippen LogP contribution in [-0.2, 0) is 20.3 Å². The molecule has 1 aromatic carbocycles. The number of halogens is 3. The molecule has 0 saturated heterocycles. The average molecular weight is 502 g/mol. The highest BCUT2D eigenvalue weighted by Gasteiger charge is 2.49. The van der Waals surface area contributed by atoms with Gasteiger partial charge in [-0.2, -0.15) is 26.9 Å². The standard InChI is InChI=1S/C21H21F3N2O7S/c1-11(27)32-16-8-12(7-15(30-5)18(16)31-6)13-9-17(20(2,3)4)26-19(14(13)10-25)33-34(28,29)21(22,23)24/h7-9H,1-6H3. The number of esters is 1. The number of methoxy groups -OCH3 is 2. The second-order valence-corrected chi connectivity index (χ2v) is 9.42. The van der Waals surface area contributed by atoms with Crippen LogP contribution < -0.4 is 18.4 Å². The van der Waals surface area contributed by atoms with Gasteiger partial charge in [-0.15, -0.1) is 0 Å². The summed E-state index contributed by atoms with van der Waals surface area (Å²) in [7, 11) is -3.53. The molecule has 34 heavy (non-hydrogen) atoms. The number of ether oxygens (including phenoxy) is 3. The van der Waals surface area contributed by atoms with E-state index in [0.29, 0.717) is 0 Å². The maximum atomic E-state index is 13.0. The number of hydrogen-bond donors (Lipinski definition) is 0. The molecule has 13 heteroatoms. The minimum absolute atomic E-state index is 0.0378. The Morgan fingerprint density at radius 1 is 1.06 bits per heavy atom. The number of aromatic nitrogens is 1. The Balaban J connectivity index is 2.94. The zero-order chi connectivity index (χ0) is 26.1. The summed E-state index contributed by atoms with van der Waals surface area (Å²) in [6.45, 7) is 6.15. The summed E-state index contributed by atoms with van der Waals surface area (Å²) < 4.78 is 82.1. The molecule has 9 nitrogen and oxygen atoms in total. The normalized spacial score (nSPS) is 12.0. The van der Waals surface area contributed by atoms with Crippen LogP contribution in [0.5, 0.6) is 23.1 Å². The molecule has 1 heterocycles. The van der Waals surface area contributed by atoms with E-state index in [4.69, 9.17) is 14.2 Å². The predicted octanol–water partition coefficient (Wildman–Crippen LogP) is 4.09. The summed E-state index contributed by atoms with van der Waals surface area (Å²) >= 11 is 0. The van der Waals surface area contributed by atoms with Crippen LogP contribution in [0.4, 0.5) is 13.2 Å². The molecule has 0 N–H and O–H groups in total. The van der Waals surface area contributed by atoms with Crippen LogP contribution in [0, 0.1) is 11.3 Å². The van der Waals surface area contributed by atoms with E-state index in [1.54, 1.807) is 26.8 Å². The van der Waals surface area contributed by atoms with Crippen LogP contribution in [0.3, 0.4) is 0 Å². The van der Waals surface area contributed by atoms with Crippen molar-refractivity contribution in [3.63, 3.8) is 0 Å². The van der Waals surface area contributed by atoms with Gasteiger partial charge >= 0.3 is 21.6 Å². The molecule has 184 valence electrons. The largest absolute Gasteiger partial charge is 0.534 e. The Morgan fingerprint density at radius 3 is 2.09 bits per heavy atom. The number of rotatable bonds is 6. The fourth-order valence-corrected chi connectivity index (χ4v) is 3.19. The quantitative estimate of drug-likeness (QED) is 0.249. The lowest BCUT2D eigenvalue weighted by Crippen LogP contribution is -2.29. The maximum Gasteiger partial charge on any atom is 0.534 e. The lowest BCUT2D eigenvalue weighted by Gasteiger charge is -2.22. The molecule has 0 saturated carbocycles. The lowest BCUT2D eigenvalue weighted by atomic mass is 9.88. The summed E-state index contributed by atoms with van der Waals surface area (Å²) in [5.74, 6) is -1.75. The van der Waals surface area contributed by atoms with Gasteiger partial charge in [0.15, 0.2) is 11.5 Å². The van der Waals surface area contributed by atoms with E-state index in [2.05, 4.69) is 9.17 Å². The molecule has 0 atom stereocenters.